The molecule has 1 aromatic rings. The Kier molecular flexibility index (Phi) is 3.97. The van der Waals surface area contributed by atoms with Gasteiger partial charge in [-0.05, 0) is 30.9 Å². The van der Waals surface area contributed by atoms with Crippen LogP contribution >= 0.6 is 11.3 Å². The Bertz CT molecular complexity index is 340. The van der Waals surface area contributed by atoms with Crippen molar-refractivity contribution >= 4 is 11.3 Å². The quantitative estimate of drug-likeness (QED) is 0.875. The third-order valence-corrected chi connectivity index (χ3v) is 4.26. The van der Waals surface area contributed by atoms with Gasteiger partial charge in [-0.2, -0.15) is 0 Å². The SMILES string of the molecule is Cc1ccsc1C(CN)N1CCOC(C)C1. The maximum absolute atomic E-state index is 5.93. The molecule has 0 aromatic carbocycles. The molecule has 1 aliphatic rings. The summed E-state index contributed by atoms with van der Waals surface area (Å²) < 4.78 is 5.57. The number of nitrogens with zero attached hydrogens (tertiary/aromatic N) is 1. The third kappa shape index (κ3) is 2.46. The largest absolute Gasteiger partial charge is 0.376 e. The maximum Gasteiger partial charge on any atom is 0.0674 e. The molecule has 16 heavy (non-hydrogen) atoms. The molecule has 2 rings (SSSR count). The van der Waals surface area contributed by atoms with Gasteiger partial charge >= 0.3 is 0 Å². The van der Waals surface area contributed by atoms with Gasteiger partial charge in [0.25, 0.3) is 0 Å². The summed E-state index contributed by atoms with van der Waals surface area (Å²) >= 11 is 1.81. The van der Waals surface area contributed by atoms with Crippen LogP contribution in [0.1, 0.15) is 23.4 Å². The summed E-state index contributed by atoms with van der Waals surface area (Å²) in [7, 11) is 0. The highest BCUT2D eigenvalue weighted by atomic mass is 32.1. The van der Waals surface area contributed by atoms with E-state index in [0.29, 0.717) is 18.7 Å². The lowest BCUT2D eigenvalue weighted by molar-refractivity contribution is -0.0328. The van der Waals surface area contributed by atoms with E-state index in [0.717, 1.165) is 19.7 Å². The highest BCUT2D eigenvalue weighted by Gasteiger charge is 2.26. The second-order valence-corrected chi connectivity index (χ2v) is 5.34. The van der Waals surface area contributed by atoms with Crippen molar-refractivity contribution in [2.24, 2.45) is 5.73 Å². The second-order valence-electron chi connectivity index (χ2n) is 4.40. The van der Waals surface area contributed by atoms with Crippen LogP contribution in [-0.2, 0) is 4.74 Å². The van der Waals surface area contributed by atoms with Crippen molar-refractivity contribution in [3.05, 3.63) is 21.9 Å². The molecule has 4 heteroatoms. The van der Waals surface area contributed by atoms with Crippen molar-refractivity contribution in [3.8, 4) is 0 Å². The number of thiophene rings is 1. The molecule has 3 nitrogen and oxygen atoms in total. The predicted octanol–water partition coefficient (Wildman–Crippen LogP) is 1.78. The third-order valence-electron chi connectivity index (χ3n) is 3.14. The summed E-state index contributed by atoms with van der Waals surface area (Å²) in [5.74, 6) is 0. The molecule has 0 bridgehead atoms. The fourth-order valence-electron chi connectivity index (χ4n) is 2.28. The molecule has 0 radical (unpaired) electrons. The van der Waals surface area contributed by atoms with E-state index in [1.807, 2.05) is 11.3 Å². The fraction of sp³-hybridized carbons (Fsp3) is 0.667. The van der Waals surface area contributed by atoms with Crippen molar-refractivity contribution in [2.45, 2.75) is 26.0 Å². The van der Waals surface area contributed by atoms with Gasteiger partial charge in [0.1, 0.15) is 0 Å². The minimum absolute atomic E-state index is 0.322. The van der Waals surface area contributed by atoms with Crippen molar-refractivity contribution in [1.82, 2.24) is 4.90 Å². The summed E-state index contributed by atoms with van der Waals surface area (Å²) in [6.07, 6.45) is 0.322. The standard InChI is InChI=1S/C12H20N2OS/c1-9-3-6-16-12(9)11(7-13)14-4-5-15-10(2)8-14/h3,6,10-11H,4-5,7-8,13H2,1-2H3. The second kappa shape index (κ2) is 5.27. The minimum Gasteiger partial charge on any atom is -0.376 e. The van der Waals surface area contributed by atoms with Crippen LogP contribution < -0.4 is 5.73 Å². The predicted molar refractivity (Wildman–Crippen MR) is 67.8 cm³/mol. The Labute approximate surface area is 101 Å². The van der Waals surface area contributed by atoms with Crippen molar-refractivity contribution in [1.29, 1.82) is 0 Å². The molecule has 0 aliphatic carbocycles. The molecule has 90 valence electrons. The first-order valence-corrected chi connectivity index (χ1v) is 6.70. The normalized spacial score (nSPS) is 24.6. The molecule has 2 atom stereocenters. The van der Waals surface area contributed by atoms with Crippen LogP contribution in [0, 0.1) is 6.92 Å². The molecule has 1 fully saturated rings. The van der Waals surface area contributed by atoms with Gasteiger partial charge in [0, 0.05) is 24.5 Å². The topological polar surface area (TPSA) is 38.5 Å². The number of hydrogen-bond acceptors (Lipinski definition) is 4. The zero-order valence-corrected chi connectivity index (χ0v) is 10.8. The van der Waals surface area contributed by atoms with Gasteiger partial charge in [-0.1, -0.05) is 0 Å². The van der Waals surface area contributed by atoms with Gasteiger partial charge in [0.2, 0.25) is 0 Å². The van der Waals surface area contributed by atoms with Crippen LogP contribution in [0.4, 0.5) is 0 Å². The molecule has 2 heterocycles. The number of rotatable bonds is 3. The number of hydrogen-bond donors (Lipinski definition) is 1. The van der Waals surface area contributed by atoms with Crippen LogP contribution in [0.25, 0.3) is 0 Å². The van der Waals surface area contributed by atoms with E-state index in [1.165, 1.54) is 10.4 Å². The lowest BCUT2D eigenvalue weighted by Crippen LogP contribution is -2.45. The summed E-state index contributed by atoms with van der Waals surface area (Å²) in [4.78, 5) is 3.86. The fourth-order valence-corrected chi connectivity index (χ4v) is 3.35. The van der Waals surface area contributed by atoms with Crippen molar-refractivity contribution in [3.63, 3.8) is 0 Å². The van der Waals surface area contributed by atoms with E-state index >= 15 is 0 Å². The van der Waals surface area contributed by atoms with E-state index in [4.69, 9.17) is 10.5 Å². The Morgan fingerprint density at radius 1 is 1.69 bits per heavy atom. The van der Waals surface area contributed by atoms with Gasteiger partial charge in [0.05, 0.1) is 18.8 Å². The molecular weight excluding hydrogens is 220 g/mol. The molecule has 1 saturated heterocycles. The lowest BCUT2D eigenvalue weighted by atomic mass is 10.1. The highest BCUT2D eigenvalue weighted by Crippen LogP contribution is 2.29. The minimum atomic E-state index is 0.322. The molecular formula is C12H20N2OS. The molecule has 1 aromatic heterocycles. The van der Waals surface area contributed by atoms with Gasteiger partial charge in [-0.3, -0.25) is 4.90 Å². The van der Waals surface area contributed by atoms with Crippen LogP contribution in [-0.4, -0.2) is 37.2 Å². The van der Waals surface area contributed by atoms with E-state index < -0.39 is 0 Å². The van der Waals surface area contributed by atoms with Crippen molar-refractivity contribution < 1.29 is 4.74 Å². The van der Waals surface area contributed by atoms with Crippen molar-refractivity contribution in [2.75, 3.05) is 26.2 Å². The maximum atomic E-state index is 5.93. The first-order valence-electron chi connectivity index (χ1n) is 5.82. The highest BCUT2D eigenvalue weighted by molar-refractivity contribution is 7.10. The molecule has 2 N–H and O–H groups in total. The smallest absolute Gasteiger partial charge is 0.0674 e. The molecule has 1 aliphatic heterocycles. The zero-order chi connectivity index (χ0) is 11.5. The van der Waals surface area contributed by atoms with E-state index in [9.17, 15) is 0 Å². The molecule has 2 unspecified atom stereocenters. The van der Waals surface area contributed by atoms with Gasteiger partial charge in [-0.15, -0.1) is 11.3 Å². The number of ether oxygens (including phenoxy) is 1. The average Bonchev–Trinajstić information content (AvgIpc) is 2.67. The van der Waals surface area contributed by atoms with E-state index in [2.05, 4.69) is 30.2 Å². The van der Waals surface area contributed by atoms with Gasteiger partial charge < -0.3 is 10.5 Å². The van der Waals surface area contributed by atoms with E-state index in [-0.39, 0.29) is 0 Å². The molecule has 0 amide bonds. The van der Waals surface area contributed by atoms with Gasteiger partial charge in [0.15, 0.2) is 0 Å². The first kappa shape index (κ1) is 12.0. The Morgan fingerprint density at radius 2 is 2.50 bits per heavy atom. The number of aryl methyl sites for hydroxylation is 1. The first-order chi connectivity index (χ1) is 7.72. The molecule has 0 spiro atoms. The van der Waals surface area contributed by atoms with Crippen LogP contribution in [0.15, 0.2) is 11.4 Å². The lowest BCUT2D eigenvalue weighted by Gasteiger charge is -2.36. The van der Waals surface area contributed by atoms with Crippen LogP contribution in [0.3, 0.4) is 0 Å². The Hall–Kier alpha value is -0.420. The summed E-state index contributed by atoms with van der Waals surface area (Å²) in [5, 5.41) is 2.15. The summed E-state index contributed by atoms with van der Waals surface area (Å²) in [6, 6.07) is 2.54. The number of nitrogens with two attached hydrogens (primary N) is 1. The number of morpholine rings is 1. The van der Waals surface area contributed by atoms with Crippen LogP contribution in [0.2, 0.25) is 0 Å². The average molecular weight is 240 g/mol. The van der Waals surface area contributed by atoms with Crippen LogP contribution in [0.5, 0.6) is 0 Å². The summed E-state index contributed by atoms with van der Waals surface area (Å²) in [6.45, 7) is 7.78. The monoisotopic (exact) mass is 240 g/mol. The van der Waals surface area contributed by atoms with E-state index in [1.54, 1.807) is 0 Å². The Morgan fingerprint density at radius 3 is 3.06 bits per heavy atom. The summed E-state index contributed by atoms with van der Waals surface area (Å²) in [5.41, 5.74) is 7.29. The van der Waals surface area contributed by atoms with Gasteiger partial charge in [-0.25, -0.2) is 0 Å². The Balaban J connectivity index is 2.13. The zero-order valence-electron chi connectivity index (χ0n) is 9.98. The molecule has 0 saturated carbocycles.